The number of para-hydroxylation sites is 1. The molecule has 0 saturated carbocycles. The van der Waals surface area contributed by atoms with Crippen LogP contribution in [0.5, 0.6) is 5.75 Å². The number of hydrogen-bond donors (Lipinski definition) is 1. The second-order valence-electron chi connectivity index (χ2n) is 6.78. The molecule has 2 aromatic carbocycles. The highest BCUT2D eigenvalue weighted by atomic mass is 35.5. The quantitative estimate of drug-likeness (QED) is 0.551. The van der Waals surface area contributed by atoms with Crippen LogP contribution in [0.15, 0.2) is 54.6 Å². The molecule has 0 aliphatic rings. The van der Waals surface area contributed by atoms with Gasteiger partial charge in [0.25, 0.3) is 5.91 Å². The van der Waals surface area contributed by atoms with Crippen molar-refractivity contribution in [2.75, 3.05) is 13.2 Å². The lowest BCUT2D eigenvalue weighted by Gasteiger charge is -2.30. The van der Waals surface area contributed by atoms with E-state index < -0.39 is 6.04 Å². The fourth-order valence-corrected chi connectivity index (χ4v) is 3.18. The molecule has 0 fully saturated rings. The Hall–Kier alpha value is -2.53. The average Bonchev–Trinajstić information content (AvgIpc) is 2.74. The Bertz CT molecular complexity index is 783. The number of halogens is 1. The van der Waals surface area contributed by atoms with Gasteiger partial charge in [-0.05, 0) is 36.6 Å². The largest absolute Gasteiger partial charge is 0.484 e. The first-order valence-electron chi connectivity index (χ1n) is 10.0. The van der Waals surface area contributed by atoms with Crippen molar-refractivity contribution in [3.05, 3.63) is 65.2 Å². The van der Waals surface area contributed by atoms with E-state index in [4.69, 9.17) is 16.3 Å². The molecule has 0 radical (unpaired) electrons. The van der Waals surface area contributed by atoms with Crippen LogP contribution in [0.4, 0.5) is 0 Å². The van der Waals surface area contributed by atoms with Crippen LogP contribution in [0.3, 0.4) is 0 Å². The number of ether oxygens (including phenoxy) is 1. The minimum Gasteiger partial charge on any atom is -0.484 e. The first-order valence-corrected chi connectivity index (χ1v) is 10.4. The first kappa shape index (κ1) is 22.8. The number of amides is 2. The molecule has 2 amide bonds. The number of rotatable bonds is 11. The molecule has 0 aliphatic carbocycles. The van der Waals surface area contributed by atoms with Crippen LogP contribution in [-0.4, -0.2) is 35.9 Å². The van der Waals surface area contributed by atoms with Gasteiger partial charge in [-0.3, -0.25) is 9.59 Å². The van der Waals surface area contributed by atoms with Crippen molar-refractivity contribution in [1.82, 2.24) is 10.2 Å². The molecule has 2 aromatic rings. The van der Waals surface area contributed by atoms with Crippen molar-refractivity contribution >= 4 is 23.4 Å². The third kappa shape index (κ3) is 7.09. The molecule has 0 saturated heterocycles. The molecule has 1 unspecified atom stereocenters. The second-order valence-corrected chi connectivity index (χ2v) is 7.19. The SMILES string of the molecule is CCCCNC(=O)C(CC)N(Cc1ccccc1Cl)C(=O)COc1ccccc1. The number of unbranched alkanes of at least 4 members (excludes halogenated alkanes) is 1. The molecule has 1 N–H and O–H groups in total. The van der Waals surface area contributed by atoms with Crippen LogP contribution < -0.4 is 10.1 Å². The number of carbonyl (C=O) groups is 2. The van der Waals surface area contributed by atoms with Gasteiger partial charge in [-0.15, -0.1) is 0 Å². The topological polar surface area (TPSA) is 58.6 Å². The zero-order valence-corrected chi connectivity index (χ0v) is 17.8. The van der Waals surface area contributed by atoms with Crippen molar-refractivity contribution in [2.45, 2.75) is 45.7 Å². The molecule has 0 spiro atoms. The van der Waals surface area contributed by atoms with E-state index in [2.05, 4.69) is 12.2 Å². The predicted molar refractivity (Wildman–Crippen MR) is 116 cm³/mol. The van der Waals surface area contributed by atoms with Crippen LogP contribution in [0.1, 0.15) is 38.7 Å². The van der Waals surface area contributed by atoms with Crippen molar-refractivity contribution in [1.29, 1.82) is 0 Å². The Kier molecular flexibility index (Phi) is 9.51. The summed E-state index contributed by atoms with van der Waals surface area (Å²) in [6.07, 6.45) is 2.39. The molecule has 1 atom stereocenters. The van der Waals surface area contributed by atoms with Gasteiger partial charge in [0.05, 0.1) is 0 Å². The second kappa shape index (κ2) is 12.1. The fourth-order valence-electron chi connectivity index (χ4n) is 2.98. The summed E-state index contributed by atoms with van der Waals surface area (Å²) in [4.78, 5) is 27.4. The van der Waals surface area contributed by atoms with E-state index in [9.17, 15) is 9.59 Å². The maximum Gasteiger partial charge on any atom is 0.261 e. The Morgan fingerprint density at radius 3 is 2.41 bits per heavy atom. The lowest BCUT2D eigenvalue weighted by Crippen LogP contribution is -2.50. The molecular weight excluding hydrogens is 388 g/mol. The first-order chi connectivity index (χ1) is 14.1. The van der Waals surface area contributed by atoms with Crippen LogP contribution in [-0.2, 0) is 16.1 Å². The van der Waals surface area contributed by atoms with E-state index in [1.165, 1.54) is 0 Å². The maximum absolute atomic E-state index is 13.0. The molecule has 0 heterocycles. The molecule has 5 nitrogen and oxygen atoms in total. The van der Waals surface area contributed by atoms with Gasteiger partial charge in [-0.25, -0.2) is 0 Å². The highest BCUT2D eigenvalue weighted by molar-refractivity contribution is 6.31. The molecule has 2 rings (SSSR count). The fraction of sp³-hybridized carbons (Fsp3) is 0.391. The lowest BCUT2D eigenvalue weighted by molar-refractivity contribution is -0.143. The van der Waals surface area contributed by atoms with Crippen molar-refractivity contribution in [3.8, 4) is 5.75 Å². The molecule has 0 aliphatic heterocycles. The summed E-state index contributed by atoms with van der Waals surface area (Å²) in [5.41, 5.74) is 0.794. The van der Waals surface area contributed by atoms with Crippen LogP contribution in [0.2, 0.25) is 5.02 Å². The summed E-state index contributed by atoms with van der Waals surface area (Å²) in [6, 6.07) is 15.9. The third-order valence-corrected chi connectivity index (χ3v) is 4.99. The molecular formula is C23H29ClN2O3. The van der Waals surface area contributed by atoms with Crippen molar-refractivity contribution in [2.24, 2.45) is 0 Å². The standard InChI is InChI=1S/C23H29ClN2O3/c1-3-5-15-25-23(28)21(4-2)26(16-18-11-9-10-14-20(18)24)22(27)17-29-19-12-7-6-8-13-19/h6-14,21H,3-5,15-17H2,1-2H3,(H,25,28). The highest BCUT2D eigenvalue weighted by Gasteiger charge is 2.29. The summed E-state index contributed by atoms with van der Waals surface area (Å²) in [6.45, 7) is 4.66. The summed E-state index contributed by atoms with van der Waals surface area (Å²) in [5, 5.41) is 3.50. The Morgan fingerprint density at radius 1 is 1.07 bits per heavy atom. The molecule has 0 bridgehead atoms. The highest BCUT2D eigenvalue weighted by Crippen LogP contribution is 2.20. The van der Waals surface area contributed by atoms with Gasteiger partial charge in [-0.1, -0.05) is 68.3 Å². The summed E-state index contributed by atoms with van der Waals surface area (Å²) >= 11 is 6.31. The number of nitrogens with one attached hydrogen (secondary N) is 1. The maximum atomic E-state index is 13.0. The van der Waals surface area contributed by atoms with Gasteiger partial charge in [-0.2, -0.15) is 0 Å². The van der Waals surface area contributed by atoms with Crippen molar-refractivity contribution < 1.29 is 14.3 Å². The van der Waals surface area contributed by atoms with Gasteiger partial charge in [0.15, 0.2) is 6.61 Å². The zero-order valence-electron chi connectivity index (χ0n) is 17.1. The molecule has 6 heteroatoms. The third-order valence-electron chi connectivity index (χ3n) is 4.62. The molecule has 156 valence electrons. The van der Waals surface area contributed by atoms with Gasteiger partial charge in [0.1, 0.15) is 11.8 Å². The predicted octanol–water partition coefficient (Wildman–Crippen LogP) is 4.44. The summed E-state index contributed by atoms with van der Waals surface area (Å²) < 4.78 is 5.63. The van der Waals surface area contributed by atoms with E-state index in [0.29, 0.717) is 23.7 Å². The average molecular weight is 417 g/mol. The summed E-state index contributed by atoms with van der Waals surface area (Å²) in [7, 11) is 0. The normalized spacial score (nSPS) is 11.6. The monoisotopic (exact) mass is 416 g/mol. The minimum atomic E-state index is -0.588. The van der Waals surface area contributed by atoms with Gasteiger partial charge in [0.2, 0.25) is 5.91 Å². The van der Waals surface area contributed by atoms with Gasteiger partial charge in [0, 0.05) is 18.1 Å². The van der Waals surface area contributed by atoms with Crippen LogP contribution >= 0.6 is 11.6 Å². The number of nitrogens with zero attached hydrogens (tertiary/aromatic N) is 1. The van der Waals surface area contributed by atoms with E-state index in [1.807, 2.05) is 43.3 Å². The number of benzene rings is 2. The smallest absolute Gasteiger partial charge is 0.261 e. The summed E-state index contributed by atoms with van der Waals surface area (Å²) in [5.74, 6) is 0.200. The van der Waals surface area contributed by atoms with Gasteiger partial charge < -0.3 is 15.0 Å². The van der Waals surface area contributed by atoms with Crippen LogP contribution in [0, 0.1) is 0 Å². The lowest BCUT2D eigenvalue weighted by atomic mass is 10.1. The zero-order chi connectivity index (χ0) is 21.1. The van der Waals surface area contributed by atoms with E-state index >= 15 is 0 Å². The van der Waals surface area contributed by atoms with Crippen LogP contribution in [0.25, 0.3) is 0 Å². The number of hydrogen-bond acceptors (Lipinski definition) is 3. The Morgan fingerprint density at radius 2 is 1.76 bits per heavy atom. The number of carbonyl (C=O) groups excluding carboxylic acids is 2. The molecule has 29 heavy (non-hydrogen) atoms. The Labute approximate surface area is 178 Å². The molecule has 0 aromatic heterocycles. The Balaban J connectivity index is 2.17. The van der Waals surface area contributed by atoms with Crippen molar-refractivity contribution in [3.63, 3.8) is 0 Å². The van der Waals surface area contributed by atoms with Gasteiger partial charge >= 0.3 is 0 Å². The van der Waals surface area contributed by atoms with E-state index in [0.717, 1.165) is 18.4 Å². The minimum absolute atomic E-state index is 0.146. The van der Waals surface area contributed by atoms with E-state index in [-0.39, 0.29) is 25.0 Å². The van der Waals surface area contributed by atoms with E-state index in [1.54, 1.807) is 23.1 Å².